The lowest BCUT2D eigenvalue weighted by molar-refractivity contribution is -0.403. The van der Waals surface area contributed by atoms with Gasteiger partial charge in [0, 0.05) is 30.7 Å². The van der Waals surface area contributed by atoms with Gasteiger partial charge in [-0.2, -0.15) is 0 Å². The van der Waals surface area contributed by atoms with Crippen molar-refractivity contribution < 1.29 is 4.92 Å². The first-order valence-electron chi connectivity index (χ1n) is 5.80. The van der Waals surface area contributed by atoms with Gasteiger partial charge in [-0.1, -0.05) is 6.07 Å². The summed E-state index contributed by atoms with van der Waals surface area (Å²) in [6.07, 6.45) is 3.99. The van der Waals surface area contributed by atoms with Gasteiger partial charge >= 0.3 is 0 Å². The van der Waals surface area contributed by atoms with Gasteiger partial charge < -0.3 is 4.90 Å². The maximum absolute atomic E-state index is 10.6. The first-order chi connectivity index (χ1) is 8.65. The van der Waals surface area contributed by atoms with Crippen molar-refractivity contribution in [3.05, 3.63) is 50.9 Å². The molecule has 1 aromatic rings. The Balaban J connectivity index is 2.10. The summed E-state index contributed by atoms with van der Waals surface area (Å²) in [5.74, 6) is 0.947. The summed E-state index contributed by atoms with van der Waals surface area (Å²) in [5.41, 5.74) is 2.06. The predicted octanol–water partition coefficient (Wildman–Crippen LogP) is 2.40. The number of rotatable bonds is 3. The fraction of sp³-hybridized carbons (Fsp3) is 0.417. The van der Waals surface area contributed by atoms with E-state index in [1.54, 1.807) is 11.8 Å². The Bertz CT molecular complexity index is 459. The lowest BCUT2D eigenvalue weighted by atomic mass is 10.2. The molecule has 0 amide bonds. The second-order valence-electron chi connectivity index (χ2n) is 4.18. The third-order valence-electron chi connectivity index (χ3n) is 2.70. The van der Waals surface area contributed by atoms with Crippen LogP contribution in [-0.4, -0.2) is 27.1 Å². The van der Waals surface area contributed by atoms with E-state index in [1.807, 2.05) is 30.2 Å². The van der Waals surface area contributed by atoms with E-state index in [9.17, 15) is 10.1 Å². The molecular weight excluding hydrogens is 250 g/mol. The summed E-state index contributed by atoms with van der Waals surface area (Å²) in [7, 11) is 0. The van der Waals surface area contributed by atoms with Crippen LogP contribution in [0.25, 0.3) is 0 Å². The van der Waals surface area contributed by atoms with Crippen LogP contribution in [0.4, 0.5) is 0 Å². The van der Waals surface area contributed by atoms with Crippen LogP contribution in [0.2, 0.25) is 0 Å². The molecule has 0 bridgehead atoms. The molecule has 0 N–H and O–H groups in total. The van der Waals surface area contributed by atoms with Gasteiger partial charge in [-0.05, 0) is 25.0 Å². The summed E-state index contributed by atoms with van der Waals surface area (Å²) in [4.78, 5) is 16.5. The highest BCUT2D eigenvalue weighted by Gasteiger charge is 2.18. The van der Waals surface area contributed by atoms with E-state index in [2.05, 4.69) is 4.98 Å². The minimum Gasteiger partial charge on any atom is -0.357 e. The van der Waals surface area contributed by atoms with Crippen LogP contribution in [0.15, 0.2) is 29.6 Å². The number of pyridine rings is 1. The summed E-state index contributed by atoms with van der Waals surface area (Å²) >= 11 is 1.55. The largest absolute Gasteiger partial charge is 0.357 e. The SMILES string of the molecule is Cc1ccc(CN2CCCS/C2=C\[N+](=O)[O-])cn1. The molecule has 1 fully saturated rings. The lowest BCUT2D eigenvalue weighted by Crippen LogP contribution is -2.27. The summed E-state index contributed by atoms with van der Waals surface area (Å²) in [6.45, 7) is 3.49. The average Bonchev–Trinajstić information content (AvgIpc) is 2.34. The third-order valence-corrected chi connectivity index (χ3v) is 3.85. The van der Waals surface area contributed by atoms with Crippen molar-refractivity contribution in [3.8, 4) is 0 Å². The number of thioether (sulfide) groups is 1. The van der Waals surface area contributed by atoms with Crippen molar-refractivity contribution >= 4 is 11.8 Å². The van der Waals surface area contributed by atoms with Crippen molar-refractivity contribution in [3.63, 3.8) is 0 Å². The van der Waals surface area contributed by atoms with E-state index in [4.69, 9.17) is 0 Å². The summed E-state index contributed by atoms with van der Waals surface area (Å²) < 4.78 is 0. The van der Waals surface area contributed by atoms with E-state index < -0.39 is 0 Å². The standard InChI is InChI=1S/C12H15N3O2S/c1-10-3-4-11(7-13-10)8-14-5-2-6-18-12(14)9-15(16)17/h3-4,7,9H,2,5-6,8H2,1H3/b12-9-. The molecule has 2 heterocycles. The molecule has 0 saturated carbocycles. The monoisotopic (exact) mass is 265 g/mol. The topological polar surface area (TPSA) is 59.3 Å². The van der Waals surface area contributed by atoms with Gasteiger partial charge in [0.1, 0.15) is 5.03 Å². The first kappa shape index (κ1) is 12.9. The highest BCUT2D eigenvalue weighted by Crippen LogP contribution is 2.28. The number of aromatic nitrogens is 1. The van der Waals surface area contributed by atoms with Crippen molar-refractivity contribution in [2.75, 3.05) is 12.3 Å². The zero-order valence-corrected chi connectivity index (χ0v) is 11.0. The number of aryl methyl sites for hydroxylation is 1. The number of hydrogen-bond acceptors (Lipinski definition) is 5. The van der Waals surface area contributed by atoms with Crippen molar-refractivity contribution in [2.45, 2.75) is 19.9 Å². The number of nitro groups is 1. The molecule has 6 heteroatoms. The van der Waals surface area contributed by atoms with Gasteiger partial charge in [-0.3, -0.25) is 15.1 Å². The zero-order chi connectivity index (χ0) is 13.0. The molecule has 0 aliphatic carbocycles. The van der Waals surface area contributed by atoms with Crippen LogP contribution >= 0.6 is 11.8 Å². The van der Waals surface area contributed by atoms with Crippen LogP contribution in [0.3, 0.4) is 0 Å². The van der Waals surface area contributed by atoms with Gasteiger partial charge in [0.25, 0.3) is 6.20 Å². The van der Waals surface area contributed by atoms with Crippen molar-refractivity contribution in [1.29, 1.82) is 0 Å². The maximum Gasteiger partial charge on any atom is 0.264 e. The van der Waals surface area contributed by atoms with Crippen LogP contribution in [0.5, 0.6) is 0 Å². The molecule has 5 nitrogen and oxygen atoms in total. The Morgan fingerprint density at radius 2 is 2.44 bits per heavy atom. The predicted molar refractivity (Wildman–Crippen MR) is 71.5 cm³/mol. The second-order valence-corrected chi connectivity index (χ2v) is 5.30. The molecule has 0 spiro atoms. The third kappa shape index (κ3) is 3.46. The molecule has 1 aliphatic rings. The van der Waals surface area contributed by atoms with E-state index in [0.717, 1.165) is 41.2 Å². The van der Waals surface area contributed by atoms with E-state index in [0.29, 0.717) is 6.54 Å². The van der Waals surface area contributed by atoms with E-state index >= 15 is 0 Å². The Labute approximate surface area is 110 Å². The Hall–Kier alpha value is -1.56. The highest BCUT2D eigenvalue weighted by molar-refractivity contribution is 8.03. The lowest BCUT2D eigenvalue weighted by Gasteiger charge is -2.29. The normalized spacial score (nSPS) is 18.1. The highest BCUT2D eigenvalue weighted by atomic mass is 32.2. The molecule has 1 aliphatic heterocycles. The minimum absolute atomic E-state index is 0.381. The molecule has 0 aromatic carbocycles. The summed E-state index contributed by atoms with van der Waals surface area (Å²) in [6, 6.07) is 3.98. The average molecular weight is 265 g/mol. The van der Waals surface area contributed by atoms with Gasteiger partial charge in [0.2, 0.25) is 0 Å². The Kier molecular flexibility index (Phi) is 4.19. The molecule has 1 saturated heterocycles. The maximum atomic E-state index is 10.6. The minimum atomic E-state index is -0.381. The van der Waals surface area contributed by atoms with Gasteiger partial charge in [0.15, 0.2) is 0 Å². The van der Waals surface area contributed by atoms with Crippen LogP contribution in [0.1, 0.15) is 17.7 Å². The van der Waals surface area contributed by atoms with Gasteiger partial charge in [-0.25, -0.2) is 0 Å². The van der Waals surface area contributed by atoms with Crippen LogP contribution < -0.4 is 0 Å². The van der Waals surface area contributed by atoms with Crippen molar-refractivity contribution in [1.82, 2.24) is 9.88 Å². The quantitative estimate of drug-likeness (QED) is 0.620. The Morgan fingerprint density at radius 1 is 1.61 bits per heavy atom. The first-order valence-corrected chi connectivity index (χ1v) is 6.78. The molecule has 2 rings (SSSR count). The van der Waals surface area contributed by atoms with Crippen LogP contribution in [-0.2, 0) is 6.54 Å². The smallest absolute Gasteiger partial charge is 0.264 e. The molecule has 0 unspecified atom stereocenters. The van der Waals surface area contributed by atoms with E-state index in [-0.39, 0.29) is 4.92 Å². The van der Waals surface area contributed by atoms with E-state index in [1.165, 1.54) is 0 Å². The summed E-state index contributed by atoms with van der Waals surface area (Å²) in [5, 5.41) is 11.3. The van der Waals surface area contributed by atoms with Gasteiger partial charge in [-0.15, -0.1) is 11.8 Å². The van der Waals surface area contributed by atoms with Crippen molar-refractivity contribution in [2.24, 2.45) is 0 Å². The number of hydrogen-bond donors (Lipinski definition) is 0. The second kappa shape index (κ2) is 5.86. The molecule has 0 atom stereocenters. The zero-order valence-electron chi connectivity index (χ0n) is 10.2. The van der Waals surface area contributed by atoms with Gasteiger partial charge in [0.05, 0.1) is 4.92 Å². The fourth-order valence-electron chi connectivity index (χ4n) is 1.81. The molecular formula is C12H15N3O2S. The molecule has 1 aromatic heterocycles. The Morgan fingerprint density at radius 3 is 3.11 bits per heavy atom. The molecule has 18 heavy (non-hydrogen) atoms. The molecule has 96 valence electrons. The number of nitrogens with zero attached hydrogens (tertiary/aromatic N) is 3. The van der Waals surface area contributed by atoms with Crippen LogP contribution in [0, 0.1) is 17.0 Å². The molecule has 0 radical (unpaired) electrons. The fourth-order valence-corrected chi connectivity index (χ4v) is 2.79.